The smallest absolute Gasteiger partial charge is 0.221 e. The Kier molecular flexibility index (Phi) is 5.14. The molecule has 51 heavy (non-hydrogen) atoms. The molecule has 0 amide bonds. The second-order valence-electron chi connectivity index (χ2n) is 13.3. The predicted molar refractivity (Wildman–Crippen MR) is 209 cm³/mol. The first-order valence-corrected chi connectivity index (χ1v) is 17.2. The lowest BCUT2D eigenvalue weighted by Gasteiger charge is -2.13. The van der Waals surface area contributed by atoms with Crippen LogP contribution in [0.4, 0.5) is 0 Å². The minimum atomic E-state index is 0.816. The number of aromatic nitrogens is 6. The van der Waals surface area contributed by atoms with Gasteiger partial charge in [0.15, 0.2) is 0 Å². The Labute approximate surface area is 290 Å². The molecule has 0 spiro atoms. The lowest BCUT2D eigenvalue weighted by Crippen LogP contribution is -2.06. The molecular formula is C45H26N6. The Balaban J connectivity index is 1.17. The van der Waals surface area contributed by atoms with E-state index >= 15 is 0 Å². The maximum atomic E-state index is 5.37. The molecule has 12 rings (SSSR count). The number of benzene rings is 7. The van der Waals surface area contributed by atoms with E-state index in [1.54, 1.807) is 0 Å². The molecule has 5 aromatic heterocycles. The largest absolute Gasteiger partial charge is 0.292 e. The van der Waals surface area contributed by atoms with Gasteiger partial charge in [-0.15, -0.1) is 0 Å². The zero-order valence-corrected chi connectivity index (χ0v) is 27.2. The second-order valence-corrected chi connectivity index (χ2v) is 13.3. The van der Waals surface area contributed by atoms with Crippen molar-refractivity contribution in [3.8, 4) is 17.1 Å². The number of hydrogen-bond acceptors (Lipinski definition) is 3. The van der Waals surface area contributed by atoms with E-state index in [2.05, 4.69) is 159 Å². The molecule has 236 valence electrons. The van der Waals surface area contributed by atoms with Gasteiger partial charge in [-0.3, -0.25) is 13.4 Å². The summed E-state index contributed by atoms with van der Waals surface area (Å²) >= 11 is 0. The summed E-state index contributed by atoms with van der Waals surface area (Å²) in [5, 5.41) is 6.98. The highest BCUT2D eigenvalue weighted by Crippen LogP contribution is 2.38. The van der Waals surface area contributed by atoms with Crippen molar-refractivity contribution in [2.45, 2.75) is 0 Å². The molecule has 5 heterocycles. The van der Waals surface area contributed by atoms with Gasteiger partial charge in [-0.1, -0.05) is 103 Å². The third-order valence-corrected chi connectivity index (χ3v) is 10.6. The quantitative estimate of drug-likeness (QED) is 0.175. The molecule has 0 saturated heterocycles. The van der Waals surface area contributed by atoms with E-state index in [9.17, 15) is 0 Å². The highest BCUT2D eigenvalue weighted by molar-refractivity contribution is 6.14. The monoisotopic (exact) mass is 650 g/mol. The van der Waals surface area contributed by atoms with Gasteiger partial charge in [-0.05, 0) is 71.1 Å². The Morgan fingerprint density at radius 1 is 0.314 bits per heavy atom. The summed E-state index contributed by atoms with van der Waals surface area (Å²) in [4.78, 5) is 15.7. The summed E-state index contributed by atoms with van der Waals surface area (Å²) in [6.07, 6.45) is 0. The molecule has 0 saturated carbocycles. The van der Waals surface area contributed by atoms with E-state index in [0.29, 0.717) is 0 Å². The van der Waals surface area contributed by atoms with E-state index in [0.717, 1.165) is 83.3 Å². The van der Waals surface area contributed by atoms with Crippen LogP contribution in [-0.2, 0) is 0 Å². The molecule has 7 aromatic carbocycles. The summed E-state index contributed by atoms with van der Waals surface area (Å²) in [5.41, 5.74) is 12.4. The summed E-state index contributed by atoms with van der Waals surface area (Å²) in [6.45, 7) is 0. The number of para-hydroxylation sites is 5. The lowest BCUT2D eigenvalue weighted by atomic mass is 10.0. The topological polar surface area (TPSA) is 52.4 Å². The fourth-order valence-electron chi connectivity index (χ4n) is 8.33. The van der Waals surface area contributed by atoms with E-state index in [-0.39, 0.29) is 0 Å². The van der Waals surface area contributed by atoms with Crippen LogP contribution in [0, 0.1) is 0 Å². The zero-order chi connectivity index (χ0) is 33.2. The first-order valence-electron chi connectivity index (χ1n) is 17.2. The standard InChI is InChI=1S/C45H26N6/c1-2-14-33-29(11-1)30-12-4-8-18-38(30)49-42-26-28(22-24-37(42)47-43(33)49)27-21-23-32-31-13-5-9-19-39(31)50(41(32)25-27)45-48-35-16-6-3-15-34(35)44-46-36-17-7-10-20-40(36)51(44)45/h1-26H. The van der Waals surface area contributed by atoms with E-state index in [4.69, 9.17) is 15.0 Å². The van der Waals surface area contributed by atoms with Crippen molar-refractivity contribution in [2.24, 2.45) is 0 Å². The average Bonchev–Trinajstić information content (AvgIpc) is 3.88. The Bertz CT molecular complexity index is 3440. The third-order valence-electron chi connectivity index (χ3n) is 10.6. The van der Waals surface area contributed by atoms with Crippen molar-refractivity contribution in [2.75, 3.05) is 0 Å². The number of imidazole rings is 2. The molecule has 0 aliphatic rings. The molecule has 0 atom stereocenters. The van der Waals surface area contributed by atoms with Crippen molar-refractivity contribution in [3.05, 3.63) is 158 Å². The molecule has 0 unspecified atom stereocenters. The number of hydrogen-bond donors (Lipinski definition) is 0. The molecule has 0 aliphatic heterocycles. The van der Waals surface area contributed by atoms with Crippen LogP contribution in [0.5, 0.6) is 0 Å². The highest BCUT2D eigenvalue weighted by atomic mass is 15.2. The van der Waals surface area contributed by atoms with Crippen LogP contribution >= 0.6 is 0 Å². The van der Waals surface area contributed by atoms with Crippen molar-refractivity contribution in [1.29, 1.82) is 0 Å². The Hall–Kier alpha value is -7.05. The summed E-state index contributed by atoms with van der Waals surface area (Å²) in [5.74, 6) is 0.816. The van der Waals surface area contributed by atoms with Crippen LogP contribution in [0.1, 0.15) is 0 Å². The van der Waals surface area contributed by atoms with Gasteiger partial charge in [0.25, 0.3) is 0 Å². The van der Waals surface area contributed by atoms with Crippen LogP contribution in [0.15, 0.2) is 158 Å². The maximum Gasteiger partial charge on any atom is 0.221 e. The van der Waals surface area contributed by atoms with Crippen LogP contribution in [0.25, 0.3) is 105 Å². The minimum Gasteiger partial charge on any atom is -0.292 e. The number of fused-ring (bicyclic) bond motifs is 16. The van der Waals surface area contributed by atoms with Gasteiger partial charge in [0.05, 0.1) is 44.1 Å². The number of pyridine rings is 1. The molecule has 0 fully saturated rings. The van der Waals surface area contributed by atoms with Crippen LogP contribution in [0.3, 0.4) is 0 Å². The number of rotatable bonds is 2. The van der Waals surface area contributed by atoms with Crippen molar-refractivity contribution in [3.63, 3.8) is 0 Å². The van der Waals surface area contributed by atoms with Crippen molar-refractivity contribution < 1.29 is 0 Å². The summed E-state index contributed by atoms with van der Waals surface area (Å²) in [6, 6.07) is 55.9. The molecule has 0 bridgehead atoms. The van der Waals surface area contributed by atoms with Crippen LogP contribution in [0.2, 0.25) is 0 Å². The normalized spacial score (nSPS) is 12.3. The lowest BCUT2D eigenvalue weighted by molar-refractivity contribution is 0.979. The summed E-state index contributed by atoms with van der Waals surface area (Å²) in [7, 11) is 0. The Morgan fingerprint density at radius 3 is 1.65 bits per heavy atom. The third kappa shape index (κ3) is 3.57. The van der Waals surface area contributed by atoms with Crippen molar-refractivity contribution >= 4 is 87.7 Å². The Morgan fingerprint density at radius 2 is 0.843 bits per heavy atom. The van der Waals surface area contributed by atoms with Crippen molar-refractivity contribution in [1.82, 2.24) is 28.3 Å². The van der Waals surface area contributed by atoms with E-state index < -0.39 is 0 Å². The van der Waals surface area contributed by atoms with Gasteiger partial charge in [0, 0.05) is 26.9 Å². The van der Waals surface area contributed by atoms with Gasteiger partial charge in [0.2, 0.25) is 5.95 Å². The average molecular weight is 651 g/mol. The second kappa shape index (κ2) is 9.77. The first-order chi connectivity index (χ1) is 25.3. The molecule has 6 nitrogen and oxygen atoms in total. The molecule has 6 heteroatoms. The van der Waals surface area contributed by atoms with E-state index in [1.807, 2.05) is 12.1 Å². The summed E-state index contributed by atoms with van der Waals surface area (Å²) < 4.78 is 6.86. The first kappa shape index (κ1) is 26.9. The van der Waals surface area contributed by atoms with Gasteiger partial charge < -0.3 is 0 Å². The SMILES string of the molecule is c1ccc2c(c1)nc(-n1c3ccccc3c3ccc(-c4ccc5nc6c7ccccc7c7ccccc7n6c5c4)cc31)n1c3ccccc3nc21. The van der Waals surface area contributed by atoms with Crippen LogP contribution in [-0.4, -0.2) is 28.3 Å². The van der Waals surface area contributed by atoms with Gasteiger partial charge >= 0.3 is 0 Å². The molecule has 0 N–H and O–H groups in total. The minimum absolute atomic E-state index is 0.816. The molecular weight excluding hydrogens is 625 g/mol. The predicted octanol–water partition coefficient (Wildman–Crippen LogP) is 10.9. The number of nitrogens with zero attached hydrogens (tertiary/aromatic N) is 6. The highest BCUT2D eigenvalue weighted by Gasteiger charge is 2.21. The van der Waals surface area contributed by atoms with Gasteiger partial charge in [-0.25, -0.2) is 15.0 Å². The van der Waals surface area contributed by atoms with Gasteiger partial charge in [-0.2, -0.15) is 0 Å². The zero-order valence-electron chi connectivity index (χ0n) is 27.2. The fraction of sp³-hybridized carbons (Fsp3) is 0. The van der Waals surface area contributed by atoms with E-state index in [1.165, 1.54) is 21.5 Å². The maximum absolute atomic E-state index is 5.37. The molecule has 12 aromatic rings. The molecule has 0 radical (unpaired) electrons. The molecule has 0 aliphatic carbocycles. The van der Waals surface area contributed by atoms with Crippen LogP contribution < -0.4 is 0 Å². The fourth-order valence-corrected chi connectivity index (χ4v) is 8.33. The van der Waals surface area contributed by atoms with Gasteiger partial charge in [0.1, 0.15) is 11.3 Å².